The number of allylic oxidation sites excluding steroid dienone is 1. The number of ether oxygens (including phenoxy) is 2. The van der Waals surface area contributed by atoms with Gasteiger partial charge in [-0.1, -0.05) is 24.6 Å². The van der Waals surface area contributed by atoms with Crippen molar-refractivity contribution in [3.63, 3.8) is 0 Å². The summed E-state index contributed by atoms with van der Waals surface area (Å²) >= 11 is 5.99. The molecule has 32 heavy (non-hydrogen) atoms. The Hall–Kier alpha value is -4.03. The molecular weight excluding hydrogens is 434 g/mol. The fourth-order valence-corrected chi connectivity index (χ4v) is 3.77. The van der Waals surface area contributed by atoms with Gasteiger partial charge in [0.2, 0.25) is 11.8 Å². The Labute approximate surface area is 188 Å². The summed E-state index contributed by atoms with van der Waals surface area (Å²) in [4.78, 5) is 10.9. The van der Waals surface area contributed by atoms with Crippen molar-refractivity contribution in [3.05, 3.63) is 80.2 Å². The molecule has 0 amide bonds. The second kappa shape index (κ2) is 8.61. The molecule has 1 aromatic heterocycles. The van der Waals surface area contributed by atoms with Gasteiger partial charge >= 0.3 is 0 Å². The van der Waals surface area contributed by atoms with E-state index in [0.717, 1.165) is 17.7 Å². The number of nitro benzene ring substituents is 1. The van der Waals surface area contributed by atoms with Crippen LogP contribution < -0.4 is 15.2 Å². The highest BCUT2D eigenvalue weighted by atomic mass is 35.5. The lowest BCUT2D eigenvalue weighted by Crippen LogP contribution is -2.21. The second-order valence-electron chi connectivity index (χ2n) is 7.08. The number of rotatable bonds is 6. The van der Waals surface area contributed by atoms with E-state index < -0.39 is 10.8 Å². The summed E-state index contributed by atoms with van der Waals surface area (Å²) in [6, 6.07) is 13.8. The zero-order chi connectivity index (χ0) is 22.8. The van der Waals surface area contributed by atoms with Crippen LogP contribution in [0.2, 0.25) is 5.02 Å². The van der Waals surface area contributed by atoms with E-state index in [1.165, 1.54) is 12.1 Å². The topological polar surface area (TPSA) is 140 Å². The standard InChI is InChI=1S/C22H18ClN5O4/c1-2-9-31-14-6-3-12(4-7-14)20-19-18(13-5-8-16(23)17(10-13)28(29)30)15(11-24)21(25)32-22(19)27-26-20/h3-8,10,18H,2,9,25H2,1H3,(H,26,27)/t18-/m1/s1. The van der Waals surface area contributed by atoms with E-state index in [9.17, 15) is 15.4 Å². The SMILES string of the molecule is CCCOc1ccc(-c2[nH]nc3c2[C@H](c2ccc(Cl)c([N+](=O)[O-])c2)C(C#N)=C(N)O3)cc1. The summed E-state index contributed by atoms with van der Waals surface area (Å²) < 4.78 is 11.2. The quantitative estimate of drug-likeness (QED) is 0.410. The minimum Gasteiger partial charge on any atom is -0.494 e. The summed E-state index contributed by atoms with van der Waals surface area (Å²) in [6.45, 7) is 2.64. The molecule has 0 fully saturated rings. The molecule has 0 spiro atoms. The van der Waals surface area contributed by atoms with Crippen LogP contribution in [0, 0.1) is 21.4 Å². The van der Waals surface area contributed by atoms with Crippen LogP contribution in [-0.2, 0) is 0 Å². The van der Waals surface area contributed by atoms with E-state index in [-0.39, 0.29) is 28.0 Å². The van der Waals surface area contributed by atoms with Gasteiger partial charge < -0.3 is 15.2 Å². The van der Waals surface area contributed by atoms with Crippen molar-refractivity contribution in [3.8, 4) is 29.0 Å². The molecule has 3 N–H and O–H groups in total. The number of hydrogen-bond acceptors (Lipinski definition) is 7. The summed E-state index contributed by atoms with van der Waals surface area (Å²) in [5, 5.41) is 28.4. The van der Waals surface area contributed by atoms with Crippen LogP contribution in [0.5, 0.6) is 11.6 Å². The summed E-state index contributed by atoms with van der Waals surface area (Å²) in [6.07, 6.45) is 0.896. The predicted octanol–water partition coefficient (Wildman–Crippen LogP) is 4.65. The van der Waals surface area contributed by atoms with Crippen molar-refractivity contribution in [1.29, 1.82) is 5.26 Å². The zero-order valence-electron chi connectivity index (χ0n) is 17.0. The van der Waals surface area contributed by atoms with Gasteiger partial charge in [0.05, 0.1) is 28.7 Å². The van der Waals surface area contributed by atoms with Gasteiger partial charge in [-0.25, -0.2) is 0 Å². The predicted molar refractivity (Wildman–Crippen MR) is 117 cm³/mol. The van der Waals surface area contributed by atoms with Gasteiger partial charge in [0.25, 0.3) is 5.69 Å². The van der Waals surface area contributed by atoms with Gasteiger partial charge in [0, 0.05) is 11.6 Å². The van der Waals surface area contributed by atoms with Crippen molar-refractivity contribution < 1.29 is 14.4 Å². The van der Waals surface area contributed by atoms with Crippen LogP contribution in [0.1, 0.15) is 30.4 Å². The lowest BCUT2D eigenvalue weighted by Gasteiger charge is -2.24. The first-order valence-corrected chi connectivity index (χ1v) is 10.1. The zero-order valence-corrected chi connectivity index (χ0v) is 17.7. The van der Waals surface area contributed by atoms with Crippen molar-refractivity contribution in [1.82, 2.24) is 10.2 Å². The number of H-pyrrole nitrogens is 1. The third-order valence-electron chi connectivity index (χ3n) is 5.05. The number of hydrogen-bond donors (Lipinski definition) is 2. The monoisotopic (exact) mass is 451 g/mol. The van der Waals surface area contributed by atoms with Crippen LogP contribution in [-0.4, -0.2) is 21.7 Å². The van der Waals surface area contributed by atoms with Gasteiger partial charge in [0.15, 0.2) is 0 Å². The molecule has 0 aliphatic carbocycles. The Kier molecular flexibility index (Phi) is 5.71. The number of aromatic amines is 1. The second-order valence-corrected chi connectivity index (χ2v) is 7.49. The molecule has 9 nitrogen and oxygen atoms in total. The number of nitrogens with zero attached hydrogens (tertiary/aromatic N) is 3. The highest BCUT2D eigenvalue weighted by molar-refractivity contribution is 6.32. The average molecular weight is 452 g/mol. The highest BCUT2D eigenvalue weighted by Crippen LogP contribution is 2.46. The summed E-state index contributed by atoms with van der Waals surface area (Å²) in [5.74, 6) is 0.0887. The Morgan fingerprint density at radius 3 is 2.75 bits per heavy atom. The van der Waals surface area contributed by atoms with Crippen LogP contribution in [0.15, 0.2) is 53.9 Å². The molecule has 0 saturated heterocycles. The van der Waals surface area contributed by atoms with Crippen molar-refractivity contribution in [2.45, 2.75) is 19.3 Å². The van der Waals surface area contributed by atoms with Crippen LogP contribution >= 0.6 is 11.6 Å². The molecule has 2 aromatic carbocycles. The van der Waals surface area contributed by atoms with E-state index >= 15 is 0 Å². The first kappa shape index (κ1) is 21.2. The maximum atomic E-state index is 11.4. The maximum absolute atomic E-state index is 11.4. The Balaban J connectivity index is 1.85. The fraction of sp³-hybridized carbons (Fsp3) is 0.182. The van der Waals surface area contributed by atoms with Crippen LogP contribution in [0.25, 0.3) is 11.3 Å². The minimum atomic E-state index is -0.732. The number of nitro groups is 1. The molecule has 162 valence electrons. The first-order chi connectivity index (χ1) is 15.4. The Bertz CT molecular complexity index is 1260. The third-order valence-corrected chi connectivity index (χ3v) is 5.37. The molecule has 0 saturated carbocycles. The van der Waals surface area contributed by atoms with E-state index in [2.05, 4.69) is 16.3 Å². The molecule has 1 aliphatic heterocycles. The lowest BCUT2D eigenvalue weighted by atomic mass is 9.83. The van der Waals surface area contributed by atoms with Gasteiger partial charge in [-0.2, -0.15) is 5.26 Å². The lowest BCUT2D eigenvalue weighted by molar-refractivity contribution is -0.384. The molecule has 10 heteroatoms. The van der Waals surface area contributed by atoms with E-state index in [1.807, 2.05) is 31.2 Å². The molecular formula is C22H18ClN5O4. The van der Waals surface area contributed by atoms with Crippen molar-refractivity contribution in [2.75, 3.05) is 6.61 Å². The average Bonchev–Trinajstić information content (AvgIpc) is 3.20. The molecule has 1 atom stereocenters. The van der Waals surface area contributed by atoms with Crippen molar-refractivity contribution >= 4 is 17.3 Å². The molecule has 2 heterocycles. The number of fused-ring (bicyclic) bond motifs is 1. The van der Waals surface area contributed by atoms with E-state index in [1.54, 1.807) is 6.07 Å². The van der Waals surface area contributed by atoms with Gasteiger partial charge in [-0.05, 0) is 42.3 Å². The number of halogens is 1. The van der Waals surface area contributed by atoms with Crippen molar-refractivity contribution in [2.24, 2.45) is 5.73 Å². The highest BCUT2D eigenvalue weighted by Gasteiger charge is 2.36. The van der Waals surface area contributed by atoms with Gasteiger partial charge in [-0.3, -0.25) is 15.2 Å². The summed E-state index contributed by atoms with van der Waals surface area (Å²) in [7, 11) is 0. The van der Waals surface area contributed by atoms with Gasteiger partial charge in [0.1, 0.15) is 22.4 Å². The first-order valence-electron chi connectivity index (χ1n) is 9.77. The fourth-order valence-electron chi connectivity index (χ4n) is 3.59. The largest absolute Gasteiger partial charge is 0.494 e. The van der Waals surface area contributed by atoms with E-state index in [4.69, 9.17) is 26.8 Å². The number of aromatic nitrogens is 2. The molecule has 3 aromatic rings. The maximum Gasteiger partial charge on any atom is 0.288 e. The van der Waals surface area contributed by atoms with Gasteiger partial charge in [-0.15, -0.1) is 5.10 Å². The normalized spacial score (nSPS) is 15.0. The number of nitriles is 1. The third kappa shape index (κ3) is 3.72. The molecule has 0 bridgehead atoms. The molecule has 1 aliphatic rings. The smallest absolute Gasteiger partial charge is 0.288 e. The molecule has 0 radical (unpaired) electrons. The number of nitrogens with two attached hydrogens (primary N) is 1. The Morgan fingerprint density at radius 1 is 1.34 bits per heavy atom. The number of nitrogens with one attached hydrogen (secondary N) is 1. The van der Waals surface area contributed by atoms with Crippen LogP contribution in [0.3, 0.4) is 0 Å². The van der Waals surface area contributed by atoms with Crippen LogP contribution in [0.4, 0.5) is 5.69 Å². The molecule has 0 unspecified atom stereocenters. The minimum absolute atomic E-state index is 0.00317. The number of benzene rings is 2. The Morgan fingerprint density at radius 2 is 2.09 bits per heavy atom. The molecule has 4 rings (SSSR count). The van der Waals surface area contributed by atoms with E-state index in [0.29, 0.717) is 23.4 Å². The summed E-state index contributed by atoms with van der Waals surface area (Å²) in [5.41, 5.74) is 8.23.